The summed E-state index contributed by atoms with van der Waals surface area (Å²) in [5.41, 5.74) is 1.64. The number of aromatic nitrogens is 3. The Kier molecular flexibility index (Phi) is 2.02. The second-order valence-electron chi connectivity index (χ2n) is 2.29. The molecular formula is C7H5BrClN3. The normalized spacial score (nSPS) is 10.8. The zero-order chi connectivity index (χ0) is 8.55. The minimum Gasteiger partial charge on any atom is -0.291 e. The molecule has 5 heteroatoms. The standard InChI is InChI=1S/C7H5BrClN3/c8-7-5(3-9)11-6-4-10-1-2-12(6)7/h1-2,4H,3H2. The first-order chi connectivity index (χ1) is 5.83. The van der Waals surface area contributed by atoms with Crippen molar-refractivity contribution in [3.05, 3.63) is 28.9 Å². The smallest absolute Gasteiger partial charge is 0.156 e. The van der Waals surface area contributed by atoms with Gasteiger partial charge in [0.25, 0.3) is 0 Å². The van der Waals surface area contributed by atoms with Gasteiger partial charge in [0.05, 0.1) is 17.8 Å². The lowest BCUT2D eigenvalue weighted by Crippen LogP contribution is -1.83. The topological polar surface area (TPSA) is 30.2 Å². The summed E-state index contributed by atoms with van der Waals surface area (Å²) < 4.78 is 2.79. The number of nitrogens with zero attached hydrogens (tertiary/aromatic N) is 3. The monoisotopic (exact) mass is 245 g/mol. The van der Waals surface area contributed by atoms with E-state index in [2.05, 4.69) is 25.9 Å². The first-order valence-corrected chi connectivity index (χ1v) is 4.68. The van der Waals surface area contributed by atoms with Gasteiger partial charge in [-0.3, -0.25) is 9.38 Å². The van der Waals surface area contributed by atoms with Crippen LogP contribution in [0.25, 0.3) is 5.65 Å². The van der Waals surface area contributed by atoms with Crippen LogP contribution >= 0.6 is 27.5 Å². The third-order valence-electron chi connectivity index (χ3n) is 1.56. The fraction of sp³-hybridized carbons (Fsp3) is 0.143. The van der Waals surface area contributed by atoms with Crippen molar-refractivity contribution in [2.24, 2.45) is 0 Å². The van der Waals surface area contributed by atoms with Crippen LogP contribution in [-0.4, -0.2) is 14.4 Å². The molecule has 0 aliphatic rings. The number of rotatable bonds is 1. The van der Waals surface area contributed by atoms with E-state index in [0.29, 0.717) is 5.88 Å². The van der Waals surface area contributed by atoms with Crippen LogP contribution in [0.15, 0.2) is 23.2 Å². The van der Waals surface area contributed by atoms with Gasteiger partial charge in [-0.15, -0.1) is 11.6 Å². The van der Waals surface area contributed by atoms with Gasteiger partial charge >= 0.3 is 0 Å². The quantitative estimate of drug-likeness (QED) is 0.722. The van der Waals surface area contributed by atoms with Crippen LogP contribution in [0.4, 0.5) is 0 Å². The molecule has 12 heavy (non-hydrogen) atoms. The summed E-state index contributed by atoms with van der Waals surface area (Å²) in [7, 11) is 0. The highest BCUT2D eigenvalue weighted by atomic mass is 79.9. The molecule has 0 aromatic carbocycles. The maximum atomic E-state index is 5.68. The van der Waals surface area contributed by atoms with Crippen molar-refractivity contribution in [2.75, 3.05) is 0 Å². The third-order valence-corrected chi connectivity index (χ3v) is 2.66. The van der Waals surface area contributed by atoms with Crippen molar-refractivity contribution >= 4 is 33.2 Å². The Bertz CT molecular complexity index is 412. The molecule has 0 N–H and O–H groups in total. The van der Waals surface area contributed by atoms with Crippen molar-refractivity contribution in [3.8, 4) is 0 Å². The lowest BCUT2D eigenvalue weighted by molar-refractivity contribution is 1.10. The van der Waals surface area contributed by atoms with Gasteiger partial charge in [0.1, 0.15) is 4.60 Å². The Morgan fingerprint density at radius 2 is 2.42 bits per heavy atom. The van der Waals surface area contributed by atoms with Crippen LogP contribution in [0.1, 0.15) is 5.69 Å². The molecule has 0 atom stereocenters. The first kappa shape index (κ1) is 8.01. The van der Waals surface area contributed by atoms with Crippen LogP contribution < -0.4 is 0 Å². The van der Waals surface area contributed by atoms with E-state index in [4.69, 9.17) is 11.6 Å². The van der Waals surface area contributed by atoms with E-state index in [1.807, 2.05) is 10.6 Å². The van der Waals surface area contributed by atoms with Crippen molar-refractivity contribution in [2.45, 2.75) is 5.88 Å². The zero-order valence-electron chi connectivity index (χ0n) is 6.04. The Morgan fingerprint density at radius 3 is 3.08 bits per heavy atom. The van der Waals surface area contributed by atoms with Crippen LogP contribution in [0, 0.1) is 0 Å². The number of fused-ring (bicyclic) bond motifs is 1. The zero-order valence-corrected chi connectivity index (χ0v) is 8.38. The van der Waals surface area contributed by atoms with Crippen LogP contribution in [0.2, 0.25) is 0 Å². The first-order valence-electron chi connectivity index (χ1n) is 3.35. The molecule has 2 aromatic heterocycles. The van der Waals surface area contributed by atoms with E-state index < -0.39 is 0 Å². The van der Waals surface area contributed by atoms with Crippen molar-refractivity contribution < 1.29 is 0 Å². The molecule has 2 aromatic rings. The summed E-state index contributed by atoms with van der Waals surface area (Å²) in [5, 5.41) is 0. The minimum atomic E-state index is 0.405. The van der Waals surface area contributed by atoms with E-state index >= 15 is 0 Å². The highest BCUT2D eigenvalue weighted by Crippen LogP contribution is 2.19. The SMILES string of the molecule is ClCc1nc2cnccn2c1Br. The van der Waals surface area contributed by atoms with Crippen LogP contribution in [0.5, 0.6) is 0 Å². The molecule has 0 amide bonds. The van der Waals surface area contributed by atoms with E-state index in [1.54, 1.807) is 12.4 Å². The molecule has 0 saturated carbocycles. The molecule has 0 fully saturated rings. The Labute approximate surface area is 82.5 Å². The maximum absolute atomic E-state index is 5.68. The van der Waals surface area contributed by atoms with Crippen LogP contribution in [0.3, 0.4) is 0 Å². The molecule has 0 bridgehead atoms. The van der Waals surface area contributed by atoms with Crippen molar-refractivity contribution in [1.82, 2.24) is 14.4 Å². The Balaban J connectivity index is 2.78. The molecule has 2 heterocycles. The number of alkyl halides is 1. The van der Waals surface area contributed by atoms with Gasteiger partial charge in [-0.25, -0.2) is 4.98 Å². The maximum Gasteiger partial charge on any atom is 0.156 e. The molecule has 0 saturated heterocycles. The molecule has 0 spiro atoms. The van der Waals surface area contributed by atoms with Gasteiger partial charge in [0, 0.05) is 12.4 Å². The van der Waals surface area contributed by atoms with E-state index in [-0.39, 0.29) is 0 Å². The molecule has 0 aliphatic heterocycles. The second kappa shape index (κ2) is 3.03. The van der Waals surface area contributed by atoms with E-state index in [0.717, 1.165) is 15.9 Å². The van der Waals surface area contributed by atoms with Crippen molar-refractivity contribution in [3.63, 3.8) is 0 Å². The molecule has 0 aliphatic carbocycles. The molecule has 0 radical (unpaired) electrons. The van der Waals surface area contributed by atoms with E-state index in [1.165, 1.54) is 0 Å². The number of halogens is 2. The van der Waals surface area contributed by atoms with Crippen LogP contribution in [-0.2, 0) is 5.88 Å². The number of imidazole rings is 1. The Hall–Kier alpha value is -0.610. The summed E-state index contributed by atoms with van der Waals surface area (Å²) in [6, 6.07) is 0. The molecule has 0 unspecified atom stereocenters. The highest BCUT2D eigenvalue weighted by Gasteiger charge is 2.06. The minimum absolute atomic E-state index is 0.405. The molecule has 62 valence electrons. The molecule has 2 rings (SSSR count). The average molecular weight is 246 g/mol. The van der Waals surface area contributed by atoms with Gasteiger partial charge in [-0.2, -0.15) is 0 Å². The second-order valence-corrected chi connectivity index (χ2v) is 3.31. The predicted octanol–water partition coefficient (Wildman–Crippen LogP) is 2.23. The average Bonchev–Trinajstić information content (AvgIpc) is 2.44. The summed E-state index contributed by atoms with van der Waals surface area (Å²) in [4.78, 5) is 8.21. The fourth-order valence-corrected chi connectivity index (χ4v) is 1.89. The predicted molar refractivity (Wildman–Crippen MR) is 50.2 cm³/mol. The fourth-order valence-electron chi connectivity index (χ4n) is 1.01. The third kappa shape index (κ3) is 1.11. The summed E-state index contributed by atoms with van der Waals surface area (Å²) in [5.74, 6) is 0.405. The largest absolute Gasteiger partial charge is 0.291 e. The lowest BCUT2D eigenvalue weighted by atomic mass is 10.6. The molecule has 3 nitrogen and oxygen atoms in total. The van der Waals surface area contributed by atoms with E-state index in [9.17, 15) is 0 Å². The summed E-state index contributed by atoms with van der Waals surface area (Å²) >= 11 is 9.08. The summed E-state index contributed by atoms with van der Waals surface area (Å²) in [6.07, 6.45) is 5.24. The van der Waals surface area contributed by atoms with Gasteiger partial charge in [-0.05, 0) is 15.9 Å². The molecular weight excluding hydrogens is 241 g/mol. The van der Waals surface area contributed by atoms with Crippen molar-refractivity contribution in [1.29, 1.82) is 0 Å². The summed E-state index contributed by atoms with van der Waals surface area (Å²) in [6.45, 7) is 0. The van der Waals surface area contributed by atoms with Gasteiger partial charge < -0.3 is 0 Å². The Morgan fingerprint density at radius 1 is 1.58 bits per heavy atom. The lowest BCUT2D eigenvalue weighted by Gasteiger charge is -1.91. The number of hydrogen-bond donors (Lipinski definition) is 0. The van der Waals surface area contributed by atoms with Gasteiger partial charge in [-0.1, -0.05) is 0 Å². The highest BCUT2D eigenvalue weighted by molar-refractivity contribution is 9.10. The van der Waals surface area contributed by atoms with Gasteiger partial charge in [0.15, 0.2) is 5.65 Å². The van der Waals surface area contributed by atoms with Gasteiger partial charge in [0.2, 0.25) is 0 Å². The number of hydrogen-bond acceptors (Lipinski definition) is 2.